The molecule has 1 amide bonds. The lowest BCUT2D eigenvalue weighted by Gasteiger charge is -2.25. The predicted octanol–water partition coefficient (Wildman–Crippen LogP) is 1.98. The summed E-state index contributed by atoms with van der Waals surface area (Å²) in [6.07, 6.45) is 0.0133. The van der Waals surface area contributed by atoms with E-state index in [1.807, 2.05) is 0 Å². The molecule has 0 unspecified atom stereocenters. The van der Waals surface area contributed by atoms with E-state index in [0.717, 1.165) is 11.3 Å². The average molecular weight is 502 g/mol. The van der Waals surface area contributed by atoms with Crippen LogP contribution < -0.4 is 5.32 Å². The smallest absolute Gasteiger partial charge is 0.252 e. The number of carbonyl (C=O) groups excluding carboxylic acids is 1. The average Bonchev–Trinajstić information content (AvgIpc) is 3.23. The molecule has 2 heterocycles. The molecule has 2 aromatic rings. The van der Waals surface area contributed by atoms with Crippen LogP contribution in [0.4, 0.5) is 5.69 Å². The summed E-state index contributed by atoms with van der Waals surface area (Å²) >= 11 is 1.07. The molecule has 1 aromatic carbocycles. The third-order valence-corrected chi connectivity index (χ3v) is 10.6. The Labute approximate surface area is 193 Å². The molecule has 1 N–H and O–H groups in total. The minimum atomic E-state index is -3.60. The van der Waals surface area contributed by atoms with Crippen molar-refractivity contribution < 1.29 is 26.4 Å². The third-order valence-electron chi connectivity index (χ3n) is 5.08. The van der Waals surface area contributed by atoms with Crippen LogP contribution in [-0.4, -0.2) is 70.7 Å². The third kappa shape index (κ3) is 5.56. The number of carbonyl (C=O) groups is 1. The molecule has 1 saturated heterocycles. The topological polar surface area (TPSA) is 113 Å². The number of hydrogen-bond donors (Lipinski definition) is 1. The van der Waals surface area contributed by atoms with Crippen molar-refractivity contribution in [2.45, 2.75) is 35.4 Å². The quantitative estimate of drug-likeness (QED) is 0.592. The Morgan fingerprint density at radius 1 is 1.09 bits per heavy atom. The van der Waals surface area contributed by atoms with Crippen molar-refractivity contribution in [3.05, 3.63) is 41.3 Å². The molecule has 0 spiro atoms. The van der Waals surface area contributed by atoms with Crippen molar-refractivity contribution in [1.29, 1.82) is 0 Å². The highest BCUT2D eigenvalue weighted by atomic mass is 32.2. The van der Waals surface area contributed by atoms with Gasteiger partial charge in [0, 0.05) is 36.7 Å². The lowest BCUT2D eigenvalue weighted by Crippen LogP contribution is -2.40. The Hall–Kier alpha value is -1.83. The van der Waals surface area contributed by atoms with E-state index in [4.69, 9.17) is 4.74 Å². The van der Waals surface area contributed by atoms with Crippen molar-refractivity contribution in [1.82, 2.24) is 8.61 Å². The van der Waals surface area contributed by atoms with Crippen LogP contribution in [0.15, 0.2) is 45.5 Å². The van der Waals surface area contributed by atoms with Crippen LogP contribution in [0.2, 0.25) is 0 Å². The van der Waals surface area contributed by atoms with E-state index in [0.29, 0.717) is 36.9 Å². The Morgan fingerprint density at radius 3 is 2.31 bits per heavy atom. The fraction of sp³-hybridized carbons (Fsp3) is 0.450. The number of nitrogens with one attached hydrogen (secondary N) is 1. The zero-order valence-corrected chi connectivity index (χ0v) is 20.6. The lowest BCUT2D eigenvalue weighted by molar-refractivity contribution is -0.115. The maximum absolute atomic E-state index is 12.7. The Morgan fingerprint density at radius 2 is 1.72 bits per heavy atom. The van der Waals surface area contributed by atoms with E-state index < -0.39 is 20.0 Å². The van der Waals surface area contributed by atoms with Gasteiger partial charge in [-0.05, 0) is 50.2 Å². The van der Waals surface area contributed by atoms with E-state index in [2.05, 4.69) is 5.32 Å². The first-order valence-electron chi connectivity index (χ1n) is 10.1. The van der Waals surface area contributed by atoms with E-state index in [9.17, 15) is 21.6 Å². The van der Waals surface area contributed by atoms with Gasteiger partial charge in [0.05, 0.1) is 24.5 Å². The Balaban J connectivity index is 1.63. The number of rotatable bonds is 8. The second-order valence-corrected chi connectivity index (χ2v) is 12.9. The largest absolute Gasteiger partial charge is 0.379 e. The van der Waals surface area contributed by atoms with Gasteiger partial charge < -0.3 is 10.1 Å². The summed E-state index contributed by atoms with van der Waals surface area (Å²) in [4.78, 5) is 13.2. The SMILES string of the molecule is CC(C)N(C)S(=O)(=O)c1ccc(NC(=O)Cc2ccc(S(=O)(=O)N3CCOCC3)s2)cc1. The van der Waals surface area contributed by atoms with Crippen LogP contribution in [-0.2, 0) is 36.0 Å². The van der Waals surface area contributed by atoms with Gasteiger partial charge in [-0.25, -0.2) is 16.8 Å². The second-order valence-electron chi connectivity index (χ2n) is 7.60. The standard InChI is InChI=1S/C20H27N3O6S3/c1-15(2)22(3)31(25,26)18-7-4-16(5-8-18)21-19(24)14-17-6-9-20(30-17)32(27,28)23-10-12-29-13-11-23/h4-9,15H,10-14H2,1-3H3,(H,21,24). The van der Waals surface area contributed by atoms with Gasteiger partial charge in [-0.2, -0.15) is 8.61 Å². The van der Waals surface area contributed by atoms with Gasteiger partial charge in [-0.3, -0.25) is 4.79 Å². The molecule has 3 rings (SSSR count). The number of amides is 1. The maximum atomic E-state index is 12.7. The predicted molar refractivity (Wildman–Crippen MR) is 123 cm³/mol. The number of anilines is 1. The molecule has 0 saturated carbocycles. The normalized spacial score (nSPS) is 15.9. The Kier molecular flexibility index (Phi) is 7.73. The molecule has 1 aromatic heterocycles. The zero-order valence-electron chi connectivity index (χ0n) is 18.1. The van der Waals surface area contributed by atoms with Crippen LogP contribution in [0.3, 0.4) is 0 Å². The molecule has 0 aliphatic carbocycles. The summed E-state index contributed by atoms with van der Waals surface area (Å²) in [6.45, 7) is 4.94. The number of nitrogens with zero attached hydrogens (tertiary/aromatic N) is 2. The minimum Gasteiger partial charge on any atom is -0.379 e. The number of benzene rings is 1. The fourth-order valence-electron chi connectivity index (χ4n) is 3.02. The van der Waals surface area contributed by atoms with Gasteiger partial charge in [0.2, 0.25) is 15.9 Å². The van der Waals surface area contributed by atoms with E-state index in [1.165, 1.54) is 46.0 Å². The molecule has 32 heavy (non-hydrogen) atoms. The number of ether oxygens (including phenoxy) is 1. The molecule has 1 aliphatic heterocycles. The highest BCUT2D eigenvalue weighted by molar-refractivity contribution is 7.91. The fourth-order valence-corrected chi connectivity index (χ4v) is 7.31. The first-order chi connectivity index (χ1) is 15.0. The summed E-state index contributed by atoms with van der Waals surface area (Å²) in [5.41, 5.74) is 0.457. The van der Waals surface area contributed by atoms with Crippen molar-refractivity contribution in [2.75, 3.05) is 38.7 Å². The molecule has 1 aliphatic rings. The molecule has 12 heteroatoms. The van der Waals surface area contributed by atoms with Crippen molar-refractivity contribution in [3.8, 4) is 0 Å². The number of morpholine rings is 1. The van der Waals surface area contributed by atoms with Crippen LogP contribution >= 0.6 is 11.3 Å². The molecule has 0 bridgehead atoms. The first-order valence-corrected chi connectivity index (χ1v) is 13.8. The molecular weight excluding hydrogens is 474 g/mol. The highest BCUT2D eigenvalue weighted by Gasteiger charge is 2.28. The number of thiophene rings is 1. The Bertz CT molecular complexity index is 1150. The van der Waals surface area contributed by atoms with E-state index >= 15 is 0 Å². The molecule has 1 fully saturated rings. The van der Waals surface area contributed by atoms with Gasteiger partial charge >= 0.3 is 0 Å². The van der Waals surface area contributed by atoms with E-state index in [1.54, 1.807) is 19.9 Å². The molecule has 176 valence electrons. The number of sulfonamides is 2. The van der Waals surface area contributed by atoms with Crippen molar-refractivity contribution >= 4 is 43.0 Å². The van der Waals surface area contributed by atoms with Crippen molar-refractivity contribution in [2.24, 2.45) is 0 Å². The molecule has 0 atom stereocenters. The van der Waals surface area contributed by atoms with Gasteiger partial charge in [0.15, 0.2) is 0 Å². The zero-order chi connectivity index (χ0) is 23.5. The van der Waals surface area contributed by atoms with Crippen LogP contribution in [0.1, 0.15) is 18.7 Å². The highest BCUT2D eigenvalue weighted by Crippen LogP contribution is 2.26. The van der Waals surface area contributed by atoms with Crippen LogP contribution in [0, 0.1) is 0 Å². The summed E-state index contributed by atoms with van der Waals surface area (Å²) in [6, 6.07) is 8.92. The second kappa shape index (κ2) is 9.98. The van der Waals surface area contributed by atoms with E-state index in [-0.39, 0.29) is 27.5 Å². The summed E-state index contributed by atoms with van der Waals surface area (Å²) in [5, 5.41) is 2.72. The minimum absolute atomic E-state index is 0.0133. The monoisotopic (exact) mass is 501 g/mol. The van der Waals surface area contributed by atoms with Crippen molar-refractivity contribution in [3.63, 3.8) is 0 Å². The van der Waals surface area contributed by atoms with Crippen LogP contribution in [0.25, 0.3) is 0 Å². The lowest BCUT2D eigenvalue weighted by atomic mass is 10.3. The molecular formula is C20H27N3O6S3. The van der Waals surface area contributed by atoms with Gasteiger partial charge in [-0.1, -0.05) is 0 Å². The van der Waals surface area contributed by atoms with Gasteiger partial charge in [-0.15, -0.1) is 11.3 Å². The summed E-state index contributed by atoms with van der Waals surface area (Å²) < 4.78 is 58.5. The molecule has 9 nitrogen and oxygen atoms in total. The van der Waals surface area contributed by atoms with Gasteiger partial charge in [0.25, 0.3) is 10.0 Å². The molecule has 0 radical (unpaired) electrons. The number of hydrogen-bond acceptors (Lipinski definition) is 7. The summed E-state index contributed by atoms with van der Waals surface area (Å²) in [7, 11) is -5.67. The van der Waals surface area contributed by atoms with Gasteiger partial charge in [0.1, 0.15) is 4.21 Å². The van der Waals surface area contributed by atoms with Crippen LogP contribution in [0.5, 0.6) is 0 Å². The maximum Gasteiger partial charge on any atom is 0.252 e. The summed E-state index contributed by atoms with van der Waals surface area (Å²) in [5.74, 6) is -0.322. The first kappa shape index (κ1) is 24.8.